The SMILES string of the molecule is CCN(Cc1ccccn1)C(CN)C1CCC(C)O1. The van der Waals surface area contributed by atoms with E-state index in [0.29, 0.717) is 12.6 Å². The first-order valence-corrected chi connectivity index (χ1v) is 7.24. The second-order valence-electron chi connectivity index (χ2n) is 5.25. The second-order valence-corrected chi connectivity index (χ2v) is 5.25. The van der Waals surface area contributed by atoms with Gasteiger partial charge in [-0.2, -0.15) is 0 Å². The molecule has 0 aromatic carbocycles. The number of nitrogens with zero attached hydrogens (tertiary/aromatic N) is 2. The summed E-state index contributed by atoms with van der Waals surface area (Å²) in [6, 6.07) is 6.33. The van der Waals surface area contributed by atoms with Gasteiger partial charge in [-0.15, -0.1) is 0 Å². The van der Waals surface area contributed by atoms with Crippen molar-refractivity contribution >= 4 is 0 Å². The molecule has 0 saturated carbocycles. The Hall–Kier alpha value is -0.970. The highest BCUT2D eigenvalue weighted by molar-refractivity contribution is 5.04. The Labute approximate surface area is 116 Å². The molecule has 0 spiro atoms. The van der Waals surface area contributed by atoms with Gasteiger partial charge in [0, 0.05) is 25.3 Å². The van der Waals surface area contributed by atoms with Crippen molar-refractivity contribution in [3.8, 4) is 0 Å². The molecule has 4 nitrogen and oxygen atoms in total. The second kappa shape index (κ2) is 6.98. The molecule has 1 saturated heterocycles. The van der Waals surface area contributed by atoms with Gasteiger partial charge < -0.3 is 10.5 Å². The summed E-state index contributed by atoms with van der Waals surface area (Å²) >= 11 is 0. The largest absolute Gasteiger partial charge is 0.374 e. The Kier molecular flexibility index (Phi) is 5.31. The molecule has 1 aromatic heterocycles. The molecule has 106 valence electrons. The minimum Gasteiger partial charge on any atom is -0.374 e. The third kappa shape index (κ3) is 3.75. The molecular weight excluding hydrogens is 238 g/mol. The van der Waals surface area contributed by atoms with E-state index in [1.807, 2.05) is 18.3 Å². The molecule has 3 unspecified atom stereocenters. The first-order chi connectivity index (χ1) is 9.24. The fourth-order valence-electron chi connectivity index (χ4n) is 2.82. The number of nitrogens with two attached hydrogens (primary N) is 1. The van der Waals surface area contributed by atoms with Crippen molar-refractivity contribution in [1.82, 2.24) is 9.88 Å². The van der Waals surface area contributed by atoms with Crippen LogP contribution in [0.15, 0.2) is 24.4 Å². The fraction of sp³-hybridized carbons (Fsp3) is 0.667. The average Bonchev–Trinajstić information content (AvgIpc) is 2.86. The van der Waals surface area contributed by atoms with Crippen LogP contribution < -0.4 is 5.73 Å². The molecule has 4 heteroatoms. The standard InChI is InChI=1S/C15H25N3O/c1-3-18(11-13-6-4-5-9-17-13)14(10-16)15-8-7-12(2)19-15/h4-6,9,12,14-15H,3,7-8,10-11,16H2,1-2H3. The molecule has 3 atom stereocenters. The van der Waals surface area contributed by atoms with Crippen molar-refractivity contribution in [2.75, 3.05) is 13.1 Å². The van der Waals surface area contributed by atoms with Crippen LogP contribution in [-0.2, 0) is 11.3 Å². The maximum atomic E-state index is 5.99. The van der Waals surface area contributed by atoms with Crippen molar-refractivity contribution < 1.29 is 4.74 Å². The summed E-state index contributed by atoms with van der Waals surface area (Å²) in [5.74, 6) is 0. The van der Waals surface area contributed by atoms with Crippen LogP contribution in [0.25, 0.3) is 0 Å². The number of rotatable bonds is 6. The van der Waals surface area contributed by atoms with E-state index in [-0.39, 0.29) is 12.1 Å². The first kappa shape index (κ1) is 14.4. The van der Waals surface area contributed by atoms with E-state index in [1.54, 1.807) is 0 Å². The maximum Gasteiger partial charge on any atom is 0.0747 e. The predicted molar refractivity (Wildman–Crippen MR) is 76.7 cm³/mol. The van der Waals surface area contributed by atoms with Crippen LogP contribution in [-0.4, -0.2) is 41.2 Å². The van der Waals surface area contributed by atoms with Gasteiger partial charge in [-0.1, -0.05) is 13.0 Å². The van der Waals surface area contributed by atoms with E-state index in [2.05, 4.69) is 29.8 Å². The van der Waals surface area contributed by atoms with Crippen molar-refractivity contribution in [3.05, 3.63) is 30.1 Å². The first-order valence-electron chi connectivity index (χ1n) is 7.24. The molecule has 0 aliphatic carbocycles. The molecule has 1 aliphatic heterocycles. The van der Waals surface area contributed by atoms with E-state index in [9.17, 15) is 0 Å². The summed E-state index contributed by atoms with van der Waals surface area (Å²) in [7, 11) is 0. The Morgan fingerprint density at radius 2 is 2.32 bits per heavy atom. The number of hydrogen-bond donors (Lipinski definition) is 1. The number of likely N-dealkylation sites (N-methyl/N-ethyl adjacent to an activating group) is 1. The number of pyridine rings is 1. The normalized spacial score (nSPS) is 24.8. The zero-order valence-corrected chi connectivity index (χ0v) is 12.0. The molecule has 2 heterocycles. The summed E-state index contributed by atoms with van der Waals surface area (Å²) in [5.41, 5.74) is 7.08. The van der Waals surface area contributed by atoms with Crippen LogP contribution in [0.3, 0.4) is 0 Å². The van der Waals surface area contributed by atoms with Gasteiger partial charge in [0.25, 0.3) is 0 Å². The van der Waals surface area contributed by atoms with Gasteiger partial charge >= 0.3 is 0 Å². The fourth-order valence-corrected chi connectivity index (χ4v) is 2.82. The summed E-state index contributed by atoms with van der Waals surface area (Å²) in [4.78, 5) is 6.78. The molecule has 1 fully saturated rings. The maximum absolute atomic E-state index is 5.99. The zero-order valence-electron chi connectivity index (χ0n) is 12.0. The van der Waals surface area contributed by atoms with Gasteiger partial charge in [-0.05, 0) is 38.4 Å². The van der Waals surface area contributed by atoms with Gasteiger partial charge in [0.1, 0.15) is 0 Å². The summed E-state index contributed by atoms with van der Waals surface area (Å²) in [6.07, 6.45) is 4.73. The molecule has 1 aliphatic rings. The van der Waals surface area contributed by atoms with E-state index in [1.165, 1.54) is 0 Å². The summed E-state index contributed by atoms with van der Waals surface area (Å²) < 4.78 is 5.99. The van der Waals surface area contributed by atoms with Gasteiger partial charge in [0.15, 0.2) is 0 Å². The lowest BCUT2D eigenvalue weighted by Gasteiger charge is -2.33. The topological polar surface area (TPSA) is 51.4 Å². The van der Waals surface area contributed by atoms with E-state index in [4.69, 9.17) is 10.5 Å². The molecule has 2 N–H and O–H groups in total. The van der Waals surface area contributed by atoms with Crippen LogP contribution >= 0.6 is 0 Å². The average molecular weight is 263 g/mol. The number of ether oxygens (including phenoxy) is 1. The molecule has 2 rings (SSSR count). The lowest BCUT2D eigenvalue weighted by molar-refractivity contribution is -0.00569. The smallest absolute Gasteiger partial charge is 0.0747 e. The Morgan fingerprint density at radius 1 is 1.47 bits per heavy atom. The lowest BCUT2D eigenvalue weighted by atomic mass is 10.1. The van der Waals surface area contributed by atoms with Crippen molar-refractivity contribution in [2.24, 2.45) is 5.73 Å². The van der Waals surface area contributed by atoms with E-state index >= 15 is 0 Å². The highest BCUT2D eigenvalue weighted by Gasteiger charge is 2.32. The van der Waals surface area contributed by atoms with Crippen LogP contribution in [0.2, 0.25) is 0 Å². The van der Waals surface area contributed by atoms with Crippen molar-refractivity contribution in [2.45, 2.75) is 51.5 Å². The molecule has 1 aromatic rings. The molecule has 19 heavy (non-hydrogen) atoms. The van der Waals surface area contributed by atoms with Crippen LogP contribution in [0, 0.1) is 0 Å². The number of aromatic nitrogens is 1. The highest BCUT2D eigenvalue weighted by Crippen LogP contribution is 2.24. The minimum atomic E-state index is 0.267. The predicted octanol–water partition coefficient (Wildman–Crippen LogP) is 1.80. The van der Waals surface area contributed by atoms with Gasteiger partial charge in [-0.3, -0.25) is 9.88 Å². The minimum absolute atomic E-state index is 0.267. The quantitative estimate of drug-likeness (QED) is 0.850. The molecule has 0 amide bonds. The monoisotopic (exact) mass is 263 g/mol. The van der Waals surface area contributed by atoms with Gasteiger partial charge in [-0.25, -0.2) is 0 Å². The van der Waals surface area contributed by atoms with E-state index in [0.717, 1.165) is 31.6 Å². The Bertz CT molecular complexity index is 371. The van der Waals surface area contributed by atoms with Crippen LogP contribution in [0.5, 0.6) is 0 Å². The Balaban J connectivity index is 2.02. The lowest BCUT2D eigenvalue weighted by Crippen LogP contribution is -2.48. The molecular formula is C15H25N3O. The van der Waals surface area contributed by atoms with Crippen LogP contribution in [0.4, 0.5) is 0 Å². The summed E-state index contributed by atoms with van der Waals surface area (Å²) in [6.45, 7) is 6.75. The third-order valence-corrected chi connectivity index (χ3v) is 3.90. The van der Waals surface area contributed by atoms with Gasteiger partial charge in [0.2, 0.25) is 0 Å². The molecule has 0 radical (unpaired) electrons. The van der Waals surface area contributed by atoms with Gasteiger partial charge in [0.05, 0.1) is 17.9 Å². The molecule has 0 bridgehead atoms. The third-order valence-electron chi connectivity index (χ3n) is 3.90. The van der Waals surface area contributed by atoms with E-state index < -0.39 is 0 Å². The van der Waals surface area contributed by atoms with Crippen LogP contribution in [0.1, 0.15) is 32.4 Å². The zero-order chi connectivity index (χ0) is 13.7. The van der Waals surface area contributed by atoms with Crippen molar-refractivity contribution in [3.63, 3.8) is 0 Å². The summed E-state index contributed by atoms with van der Waals surface area (Å²) in [5, 5.41) is 0. The van der Waals surface area contributed by atoms with Crippen molar-refractivity contribution in [1.29, 1.82) is 0 Å². The Morgan fingerprint density at radius 3 is 2.84 bits per heavy atom. The number of hydrogen-bond acceptors (Lipinski definition) is 4. The highest BCUT2D eigenvalue weighted by atomic mass is 16.5.